The normalized spacial score (nSPS) is 19.9. The van der Waals surface area contributed by atoms with Crippen molar-refractivity contribution in [2.45, 2.75) is 44.8 Å². The van der Waals surface area contributed by atoms with Gasteiger partial charge in [-0.15, -0.1) is 0 Å². The van der Waals surface area contributed by atoms with Crippen LogP contribution in [0.5, 0.6) is 11.5 Å². The van der Waals surface area contributed by atoms with Crippen molar-refractivity contribution in [2.75, 3.05) is 45.7 Å². The van der Waals surface area contributed by atoms with E-state index >= 15 is 0 Å². The van der Waals surface area contributed by atoms with Gasteiger partial charge >= 0.3 is 0 Å². The van der Waals surface area contributed by atoms with Crippen molar-refractivity contribution >= 4 is 17.5 Å². The fourth-order valence-electron chi connectivity index (χ4n) is 3.54. The summed E-state index contributed by atoms with van der Waals surface area (Å²) in [6.07, 6.45) is 2.19. The number of carbonyl (C=O) groups is 2. The Bertz CT molecular complexity index is 729. The van der Waals surface area contributed by atoms with Gasteiger partial charge in [0, 0.05) is 38.3 Å². The highest BCUT2D eigenvalue weighted by Crippen LogP contribution is 2.29. The molecule has 1 aliphatic carbocycles. The van der Waals surface area contributed by atoms with Gasteiger partial charge in [-0.2, -0.15) is 0 Å². The summed E-state index contributed by atoms with van der Waals surface area (Å²) in [4.78, 5) is 29.4. The molecule has 2 atom stereocenters. The van der Waals surface area contributed by atoms with Crippen LogP contribution < -0.4 is 20.1 Å². The third kappa shape index (κ3) is 5.39. The van der Waals surface area contributed by atoms with E-state index < -0.39 is 0 Å². The summed E-state index contributed by atoms with van der Waals surface area (Å²) in [5.74, 6) is 1.26. The zero-order valence-corrected chi connectivity index (χ0v) is 17.7. The van der Waals surface area contributed by atoms with Crippen molar-refractivity contribution in [1.29, 1.82) is 0 Å². The first-order chi connectivity index (χ1) is 13.9. The highest BCUT2D eigenvalue weighted by atomic mass is 16.5. The standard InChI is InChI=1S/C21H32N4O4/c1-14(20(26)22-16-5-6-16)24-9-11-25(12-10-24)15(2)21(27)23-18-13-17(28-3)7-8-19(18)29-4/h7-8,13-16H,5-6,9-12H2,1-4H3,(H,22,26)(H,23,27). The molecule has 8 heteroatoms. The van der Waals surface area contributed by atoms with Gasteiger partial charge in [-0.05, 0) is 38.8 Å². The second-order valence-electron chi connectivity index (χ2n) is 7.76. The second-order valence-corrected chi connectivity index (χ2v) is 7.76. The Morgan fingerprint density at radius 2 is 1.55 bits per heavy atom. The van der Waals surface area contributed by atoms with Gasteiger partial charge in [-0.1, -0.05) is 0 Å². The highest BCUT2D eigenvalue weighted by Gasteiger charge is 2.32. The average Bonchev–Trinajstić information content (AvgIpc) is 3.56. The zero-order chi connectivity index (χ0) is 21.0. The van der Waals surface area contributed by atoms with Crippen LogP contribution in [0.15, 0.2) is 18.2 Å². The maximum absolute atomic E-state index is 12.8. The number of ether oxygens (including phenoxy) is 2. The number of methoxy groups -OCH3 is 2. The summed E-state index contributed by atoms with van der Waals surface area (Å²) in [6, 6.07) is 5.26. The molecule has 0 aromatic heterocycles. The van der Waals surface area contributed by atoms with Gasteiger partial charge in [0.15, 0.2) is 0 Å². The molecule has 1 saturated carbocycles. The molecule has 3 rings (SSSR count). The fraction of sp³-hybridized carbons (Fsp3) is 0.619. The van der Waals surface area contributed by atoms with Crippen LogP contribution in [0, 0.1) is 0 Å². The van der Waals surface area contributed by atoms with Crippen molar-refractivity contribution in [3.63, 3.8) is 0 Å². The monoisotopic (exact) mass is 404 g/mol. The lowest BCUT2D eigenvalue weighted by atomic mass is 10.1. The van der Waals surface area contributed by atoms with E-state index in [0.29, 0.717) is 23.2 Å². The Hall–Kier alpha value is -2.32. The molecular formula is C21H32N4O4. The summed E-state index contributed by atoms with van der Waals surface area (Å²) in [7, 11) is 3.15. The average molecular weight is 405 g/mol. The Morgan fingerprint density at radius 3 is 2.07 bits per heavy atom. The van der Waals surface area contributed by atoms with Crippen LogP contribution in [-0.2, 0) is 9.59 Å². The van der Waals surface area contributed by atoms with E-state index in [-0.39, 0.29) is 23.9 Å². The summed E-state index contributed by atoms with van der Waals surface area (Å²) in [5, 5.41) is 6.02. The SMILES string of the molecule is COc1ccc(OC)c(NC(=O)C(C)N2CCN(C(C)C(=O)NC3CC3)CC2)c1. The number of anilines is 1. The number of piperazine rings is 1. The summed E-state index contributed by atoms with van der Waals surface area (Å²) in [5.41, 5.74) is 0.590. The minimum absolute atomic E-state index is 0.0930. The van der Waals surface area contributed by atoms with Gasteiger partial charge in [0.1, 0.15) is 11.5 Å². The predicted octanol–water partition coefficient (Wildman–Crippen LogP) is 1.32. The van der Waals surface area contributed by atoms with Crippen molar-refractivity contribution in [3.8, 4) is 11.5 Å². The number of rotatable bonds is 8. The molecular weight excluding hydrogens is 372 g/mol. The Labute approximate surface area is 172 Å². The third-order valence-electron chi connectivity index (χ3n) is 5.79. The number of amides is 2. The van der Waals surface area contributed by atoms with Crippen LogP contribution in [0.3, 0.4) is 0 Å². The van der Waals surface area contributed by atoms with E-state index in [1.54, 1.807) is 32.4 Å². The Kier molecular flexibility index (Phi) is 6.97. The quantitative estimate of drug-likeness (QED) is 0.680. The summed E-state index contributed by atoms with van der Waals surface area (Å²) in [6.45, 7) is 6.87. The van der Waals surface area contributed by atoms with E-state index in [4.69, 9.17) is 9.47 Å². The minimum Gasteiger partial charge on any atom is -0.497 e. The molecule has 2 aliphatic rings. The number of nitrogens with zero attached hydrogens (tertiary/aromatic N) is 2. The highest BCUT2D eigenvalue weighted by molar-refractivity contribution is 5.96. The van der Waals surface area contributed by atoms with E-state index in [1.807, 2.05) is 13.8 Å². The first-order valence-corrected chi connectivity index (χ1v) is 10.2. The van der Waals surface area contributed by atoms with Crippen molar-refractivity contribution in [1.82, 2.24) is 15.1 Å². The molecule has 0 spiro atoms. The van der Waals surface area contributed by atoms with Crippen molar-refractivity contribution in [3.05, 3.63) is 18.2 Å². The first kappa shape index (κ1) is 21.4. The number of hydrogen-bond donors (Lipinski definition) is 2. The second kappa shape index (κ2) is 9.45. The molecule has 0 bridgehead atoms. The van der Waals surface area contributed by atoms with Crippen LogP contribution in [0.25, 0.3) is 0 Å². The Morgan fingerprint density at radius 1 is 0.966 bits per heavy atom. The number of carbonyl (C=O) groups excluding carboxylic acids is 2. The van der Waals surface area contributed by atoms with E-state index in [0.717, 1.165) is 39.0 Å². The molecule has 1 aliphatic heterocycles. The van der Waals surface area contributed by atoms with Crippen LogP contribution >= 0.6 is 0 Å². The first-order valence-electron chi connectivity index (χ1n) is 10.2. The van der Waals surface area contributed by atoms with Crippen molar-refractivity contribution in [2.24, 2.45) is 0 Å². The smallest absolute Gasteiger partial charge is 0.241 e. The molecule has 2 fully saturated rings. The zero-order valence-electron chi connectivity index (χ0n) is 17.7. The Balaban J connectivity index is 1.52. The largest absolute Gasteiger partial charge is 0.497 e. The molecule has 8 nitrogen and oxygen atoms in total. The molecule has 29 heavy (non-hydrogen) atoms. The third-order valence-corrected chi connectivity index (χ3v) is 5.79. The van der Waals surface area contributed by atoms with Gasteiger partial charge in [0.25, 0.3) is 0 Å². The lowest BCUT2D eigenvalue weighted by molar-refractivity contribution is -0.128. The van der Waals surface area contributed by atoms with Gasteiger partial charge in [-0.3, -0.25) is 19.4 Å². The molecule has 1 heterocycles. The van der Waals surface area contributed by atoms with E-state index in [2.05, 4.69) is 20.4 Å². The molecule has 2 N–H and O–H groups in total. The maximum Gasteiger partial charge on any atom is 0.241 e. The van der Waals surface area contributed by atoms with Gasteiger partial charge < -0.3 is 20.1 Å². The molecule has 160 valence electrons. The molecule has 0 radical (unpaired) electrons. The van der Waals surface area contributed by atoms with Gasteiger partial charge in [-0.25, -0.2) is 0 Å². The van der Waals surface area contributed by atoms with Crippen LogP contribution in [0.1, 0.15) is 26.7 Å². The summed E-state index contributed by atoms with van der Waals surface area (Å²) < 4.78 is 10.6. The van der Waals surface area contributed by atoms with Crippen LogP contribution in [-0.4, -0.2) is 80.1 Å². The number of benzene rings is 1. The van der Waals surface area contributed by atoms with Gasteiger partial charge in [0.05, 0.1) is 32.0 Å². The minimum atomic E-state index is -0.288. The molecule has 2 amide bonds. The predicted molar refractivity (Wildman–Crippen MR) is 111 cm³/mol. The van der Waals surface area contributed by atoms with Crippen LogP contribution in [0.4, 0.5) is 5.69 Å². The maximum atomic E-state index is 12.8. The summed E-state index contributed by atoms with van der Waals surface area (Å²) >= 11 is 0. The lowest BCUT2D eigenvalue weighted by Gasteiger charge is -2.39. The fourth-order valence-corrected chi connectivity index (χ4v) is 3.54. The molecule has 1 saturated heterocycles. The van der Waals surface area contributed by atoms with Gasteiger partial charge in [0.2, 0.25) is 11.8 Å². The number of nitrogens with one attached hydrogen (secondary N) is 2. The number of hydrogen-bond acceptors (Lipinski definition) is 6. The lowest BCUT2D eigenvalue weighted by Crippen LogP contribution is -2.57. The molecule has 1 aromatic rings. The topological polar surface area (TPSA) is 83.1 Å². The molecule has 2 unspecified atom stereocenters. The van der Waals surface area contributed by atoms with E-state index in [1.165, 1.54) is 0 Å². The van der Waals surface area contributed by atoms with E-state index in [9.17, 15) is 9.59 Å². The molecule has 1 aromatic carbocycles. The van der Waals surface area contributed by atoms with Crippen molar-refractivity contribution < 1.29 is 19.1 Å². The van der Waals surface area contributed by atoms with Crippen LogP contribution in [0.2, 0.25) is 0 Å².